The minimum Gasteiger partial charge on any atom is -0.372 e. The van der Waals surface area contributed by atoms with Gasteiger partial charge in [0.25, 0.3) is 0 Å². The molecule has 0 bridgehead atoms. The molecule has 3 heterocycles. The second-order valence-electron chi connectivity index (χ2n) is 6.14. The third-order valence-electron chi connectivity index (χ3n) is 4.36. The maximum Gasteiger partial charge on any atom is 0.230 e. The van der Waals surface area contributed by atoms with Gasteiger partial charge in [-0.25, -0.2) is 4.98 Å². The Hall–Kier alpha value is -2.34. The Balaban J connectivity index is 1.37. The average Bonchev–Trinajstić information content (AvgIpc) is 3.17. The van der Waals surface area contributed by atoms with Crippen molar-refractivity contribution in [3.05, 3.63) is 47.7 Å². The third-order valence-corrected chi connectivity index (χ3v) is 5.13. The van der Waals surface area contributed by atoms with Crippen LogP contribution >= 0.6 is 11.3 Å². The van der Waals surface area contributed by atoms with Crippen LogP contribution in [0.3, 0.4) is 0 Å². The molecule has 24 heavy (non-hydrogen) atoms. The van der Waals surface area contributed by atoms with Crippen LogP contribution in [0.15, 0.2) is 42.0 Å². The first-order valence-electron chi connectivity index (χ1n) is 8.34. The molecule has 1 saturated heterocycles. The van der Waals surface area contributed by atoms with E-state index in [2.05, 4.69) is 27.3 Å². The van der Waals surface area contributed by atoms with Gasteiger partial charge in [0.15, 0.2) is 4.96 Å². The van der Waals surface area contributed by atoms with Crippen LogP contribution in [-0.2, 0) is 11.2 Å². The van der Waals surface area contributed by atoms with Gasteiger partial charge in [-0.3, -0.25) is 9.20 Å². The van der Waals surface area contributed by atoms with Crippen LogP contribution in [0, 0.1) is 0 Å². The molecule has 124 valence electrons. The Morgan fingerprint density at radius 3 is 2.71 bits per heavy atom. The van der Waals surface area contributed by atoms with Gasteiger partial charge in [-0.05, 0) is 43.5 Å². The molecule has 3 aromatic rings. The van der Waals surface area contributed by atoms with Gasteiger partial charge in [0, 0.05) is 42.2 Å². The first kappa shape index (κ1) is 15.2. The molecular weight excluding hydrogens is 320 g/mol. The number of aromatic nitrogens is 2. The summed E-state index contributed by atoms with van der Waals surface area (Å²) in [7, 11) is 0. The van der Waals surface area contributed by atoms with Crippen molar-refractivity contribution in [2.24, 2.45) is 0 Å². The molecule has 5 nitrogen and oxygen atoms in total. The van der Waals surface area contributed by atoms with Crippen LogP contribution in [0.5, 0.6) is 0 Å². The Morgan fingerprint density at radius 2 is 1.96 bits per heavy atom. The fourth-order valence-corrected chi connectivity index (χ4v) is 3.86. The molecule has 0 radical (unpaired) electrons. The van der Waals surface area contributed by atoms with Crippen molar-refractivity contribution >= 4 is 33.6 Å². The van der Waals surface area contributed by atoms with Crippen molar-refractivity contribution in [1.82, 2.24) is 9.38 Å². The quantitative estimate of drug-likeness (QED) is 0.790. The molecule has 2 aromatic heterocycles. The van der Waals surface area contributed by atoms with E-state index in [1.165, 1.54) is 24.9 Å². The summed E-state index contributed by atoms with van der Waals surface area (Å²) in [6.07, 6.45) is 8.01. The predicted octanol–water partition coefficient (Wildman–Crippen LogP) is 3.57. The van der Waals surface area contributed by atoms with Crippen molar-refractivity contribution in [1.29, 1.82) is 0 Å². The minimum atomic E-state index is -0.0357. The zero-order chi connectivity index (χ0) is 16.4. The zero-order valence-electron chi connectivity index (χ0n) is 13.4. The maximum atomic E-state index is 12.2. The van der Waals surface area contributed by atoms with Crippen molar-refractivity contribution in [3.8, 4) is 0 Å². The summed E-state index contributed by atoms with van der Waals surface area (Å²) in [5, 5.41) is 4.94. The van der Waals surface area contributed by atoms with Crippen LogP contribution in [0.4, 0.5) is 11.4 Å². The number of hydrogen-bond donors (Lipinski definition) is 1. The smallest absolute Gasteiger partial charge is 0.230 e. The molecule has 0 spiro atoms. The summed E-state index contributed by atoms with van der Waals surface area (Å²) in [5.41, 5.74) is 2.87. The Bertz CT molecular complexity index is 802. The van der Waals surface area contributed by atoms with E-state index in [1.807, 2.05) is 34.3 Å². The lowest BCUT2D eigenvalue weighted by molar-refractivity contribution is -0.115. The Morgan fingerprint density at radius 1 is 1.17 bits per heavy atom. The number of fused-ring (bicyclic) bond motifs is 1. The second-order valence-corrected chi connectivity index (χ2v) is 7.02. The summed E-state index contributed by atoms with van der Waals surface area (Å²) in [4.78, 5) is 20.0. The molecule has 0 saturated carbocycles. The first-order valence-corrected chi connectivity index (χ1v) is 9.22. The first-order chi connectivity index (χ1) is 11.8. The number of nitrogens with zero attached hydrogens (tertiary/aromatic N) is 3. The van der Waals surface area contributed by atoms with Gasteiger partial charge in [0.2, 0.25) is 5.91 Å². The number of benzene rings is 1. The minimum absolute atomic E-state index is 0.0357. The Kier molecular flexibility index (Phi) is 4.21. The van der Waals surface area contributed by atoms with E-state index in [9.17, 15) is 4.79 Å². The number of imidazole rings is 1. The molecule has 1 N–H and O–H groups in total. The zero-order valence-corrected chi connectivity index (χ0v) is 14.3. The number of amides is 1. The monoisotopic (exact) mass is 340 g/mol. The topological polar surface area (TPSA) is 49.6 Å². The summed E-state index contributed by atoms with van der Waals surface area (Å²) in [5.74, 6) is -0.0357. The highest BCUT2D eigenvalue weighted by atomic mass is 32.1. The number of nitrogens with one attached hydrogen (secondary N) is 1. The summed E-state index contributed by atoms with van der Waals surface area (Å²) >= 11 is 1.57. The number of hydrogen-bond acceptors (Lipinski definition) is 4. The molecule has 6 heteroatoms. The number of carbonyl (C=O) groups excluding carboxylic acids is 1. The van der Waals surface area contributed by atoms with E-state index in [-0.39, 0.29) is 5.91 Å². The molecule has 1 aromatic carbocycles. The molecular formula is C18H20N4OS. The van der Waals surface area contributed by atoms with E-state index in [1.54, 1.807) is 11.3 Å². The van der Waals surface area contributed by atoms with Gasteiger partial charge in [0.05, 0.1) is 12.1 Å². The standard InChI is InChI=1S/C18H20N4OS/c23-17(12-15-13-22-10-11-24-18(22)20-15)19-14-4-6-16(7-5-14)21-8-2-1-3-9-21/h4-7,10-11,13H,1-3,8-9,12H2,(H,19,23). The number of anilines is 2. The average molecular weight is 340 g/mol. The van der Waals surface area contributed by atoms with E-state index in [0.29, 0.717) is 6.42 Å². The molecule has 1 amide bonds. The van der Waals surface area contributed by atoms with E-state index >= 15 is 0 Å². The number of carbonyl (C=O) groups is 1. The summed E-state index contributed by atoms with van der Waals surface area (Å²) in [6.45, 7) is 2.26. The lowest BCUT2D eigenvalue weighted by Gasteiger charge is -2.28. The van der Waals surface area contributed by atoms with Gasteiger partial charge in [-0.1, -0.05) is 0 Å². The van der Waals surface area contributed by atoms with Crippen LogP contribution in [0.25, 0.3) is 4.96 Å². The number of rotatable bonds is 4. The van der Waals surface area contributed by atoms with Gasteiger partial charge in [-0.2, -0.15) is 0 Å². The number of thiazole rings is 1. The van der Waals surface area contributed by atoms with Gasteiger partial charge < -0.3 is 10.2 Å². The molecule has 0 unspecified atom stereocenters. The summed E-state index contributed by atoms with van der Waals surface area (Å²) < 4.78 is 1.95. The van der Waals surface area contributed by atoms with Crippen LogP contribution in [0.1, 0.15) is 25.0 Å². The maximum absolute atomic E-state index is 12.2. The van der Waals surface area contributed by atoms with Gasteiger partial charge in [0.1, 0.15) is 0 Å². The van der Waals surface area contributed by atoms with E-state index < -0.39 is 0 Å². The van der Waals surface area contributed by atoms with Crippen molar-refractivity contribution in [2.75, 3.05) is 23.3 Å². The fourth-order valence-electron chi connectivity index (χ4n) is 3.14. The van der Waals surface area contributed by atoms with Gasteiger partial charge >= 0.3 is 0 Å². The highest BCUT2D eigenvalue weighted by molar-refractivity contribution is 7.15. The third kappa shape index (κ3) is 3.28. The number of piperidine rings is 1. The van der Waals surface area contributed by atoms with Crippen molar-refractivity contribution in [2.45, 2.75) is 25.7 Å². The SMILES string of the molecule is O=C(Cc1cn2ccsc2n1)Nc1ccc(N2CCCCC2)cc1. The van der Waals surface area contributed by atoms with E-state index in [0.717, 1.165) is 29.4 Å². The largest absolute Gasteiger partial charge is 0.372 e. The van der Waals surface area contributed by atoms with Gasteiger partial charge in [-0.15, -0.1) is 11.3 Å². The molecule has 1 fully saturated rings. The Labute approximate surface area is 144 Å². The fraction of sp³-hybridized carbons (Fsp3) is 0.333. The van der Waals surface area contributed by atoms with Crippen molar-refractivity contribution in [3.63, 3.8) is 0 Å². The predicted molar refractivity (Wildman–Crippen MR) is 97.9 cm³/mol. The molecule has 0 aliphatic carbocycles. The normalized spacial score (nSPS) is 14.9. The summed E-state index contributed by atoms with van der Waals surface area (Å²) in [6, 6.07) is 8.14. The molecule has 1 aliphatic heterocycles. The van der Waals surface area contributed by atoms with Crippen LogP contribution < -0.4 is 10.2 Å². The lowest BCUT2D eigenvalue weighted by atomic mass is 10.1. The lowest BCUT2D eigenvalue weighted by Crippen LogP contribution is -2.29. The highest BCUT2D eigenvalue weighted by Gasteiger charge is 2.12. The van der Waals surface area contributed by atoms with Crippen LogP contribution in [-0.4, -0.2) is 28.4 Å². The van der Waals surface area contributed by atoms with E-state index in [4.69, 9.17) is 0 Å². The molecule has 4 rings (SSSR count). The van der Waals surface area contributed by atoms with Crippen LogP contribution in [0.2, 0.25) is 0 Å². The highest BCUT2D eigenvalue weighted by Crippen LogP contribution is 2.22. The van der Waals surface area contributed by atoms with Crippen molar-refractivity contribution < 1.29 is 4.79 Å². The second kappa shape index (κ2) is 6.65. The molecule has 0 atom stereocenters. The molecule has 1 aliphatic rings.